The van der Waals surface area contributed by atoms with Crippen molar-refractivity contribution in [1.82, 2.24) is 4.90 Å². The van der Waals surface area contributed by atoms with Crippen LogP contribution in [0, 0.1) is 0 Å². The summed E-state index contributed by atoms with van der Waals surface area (Å²) in [5.74, 6) is -0.317. The van der Waals surface area contributed by atoms with E-state index in [0.717, 1.165) is 5.57 Å². The van der Waals surface area contributed by atoms with E-state index in [-0.39, 0.29) is 26.6 Å². The Kier molecular flexibility index (Phi) is 4.65. The summed E-state index contributed by atoms with van der Waals surface area (Å²) < 4.78 is -0.0131. The molecule has 0 saturated carbocycles. The van der Waals surface area contributed by atoms with Crippen molar-refractivity contribution < 1.29 is 9.59 Å². The van der Waals surface area contributed by atoms with E-state index in [0.29, 0.717) is 11.3 Å². The van der Waals surface area contributed by atoms with Crippen LogP contribution in [0.3, 0.4) is 0 Å². The molecule has 0 aliphatic carbocycles. The fourth-order valence-electron chi connectivity index (χ4n) is 2.87. The monoisotopic (exact) mass is 427 g/mol. The number of alkyl halides is 2. The van der Waals surface area contributed by atoms with E-state index >= 15 is 0 Å². The van der Waals surface area contributed by atoms with Crippen LogP contribution in [0.5, 0.6) is 0 Å². The van der Waals surface area contributed by atoms with Crippen LogP contribution in [-0.4, -0.2) is 31.5 Å². The van der Waals surface area contributed by atoms with Gasteiger partial charge in [-0.15, -0.1) is 23.4 Å². The van der Waals surface area contributed by atoms with Crippen LogP contribution < -0.4 is 0 Å². The first-order valence-corrected chi connectivity index (χ1v) is 10.0. The van der Waals surface area contributed by atoms with Crippen LogP contribution in [0.2, 0.25) is 0 Å². The highest BCUT2D eigenvalue weighted by Crippen LogP contribution is 2.48. The third-order valence-electron chi connectivity index (χ3n) is 4.42. The van der Waals surface area contributed by atoms with Crippen molar-refractivity contribution in [1.29, 1.82) is 0 Å². The van der Waals surface area contributed by atoms with Crippen LogP contribution in [-0.2, 0) is 10.2 Å². The van der Waals surface area contributed by atoms with Gasteiger partial charge in [0.1, 0.15) is 10.8 Å². The molecule has 2 heterocycles. The molecule has 0 radical (unpaired) electrons. The van der Waals surface area contributed by atoms with Crippen molar-refractivity contribution in [3.8, 4) is 0 Å². The number of hydrogen-bond acceptors (Lipinski definition) is 3. The second-order valence-electron chi connectivity index (χ2n) is 7.14. The number of thioether (sulfide) groups is 1. The highest BCUT2D eigenvalue weighted by Gasteiger charge is 2.53. The molecule has 3 nitrogen and oxygen atoms in total. The third-order valence-corrected chi connectivity index (χ3v) is 7.68. The molecule has 0 aromatic heterocycles. The van der Waals surface area contributed by atoms with Gasteiger partial charge in [-0.05, 0) is 23.5 Å². The minimum Gasteiger partial charge on any atom is -0.293 e. The van der Waals surface area contributed by atoms with Crippen molar-refractivity contribution in [2.45, 2.75) is 48.0 Å². The second kappa shape index (κ2) is 6.19. The molecule has 6 heteroatoms. The summed E-state index contributed by atoms with van der Waals surface area (Å²) in [4.78, 5) is 26.7. The molecule has 1 fully saturated rings. The van der Waals surface area contributed by atoms with Gasteiger partial charge in [-0.25, -0.2) is 0 Å². The molecule has 0 spiro atoms. The lowest BCUT2D eigenvalue weighted by atomic mass is 9.86. The summed E-state index contributed by atoms with van der Waals surface area (Å²) in [6.45, 7) is 8.28. The van der Waals surface area contributed by atoms with Crippen LogP contribution in [0.4, 0.5) is 0 Å². The number of nitrogens with zero attached hydrogens (tertiary/aromatic N) is 1. The number of allylic oxidation sites excluding steroid dienone is 1. The number of ketones is 1. The Hall–Kier alpha value is -0.780. The van der Waals surface area contributed by atoms with Crippen molar-refractivity contribution in [2.75, 3.05) is 0 Å². The Morgan fingerprint density at radius 1 is 1.25 bits per heavy atom. The quantitative estimate of drug-likeness (QED) is 0.390. The number of amides is 1. The minimum absolute atomic E-state index is 0.0131. The zero-order chi connectivity index (χ0) is 17.8. The van der Waals surface area contributed by atoms with E-state index in [1.807, 2.05) is 31.2 Å². The summed E-state index contributed by atoms with van der Waals surface area (Å²) in [6, 6.07) is 7.63. The Morgan fingerprint density at radius 3 is 2.38 bits per heavy atom. The van der Waals surface area contributed by atoms with Gasteiger partial charge in [0.2, 0.25) is 11.7 Å². The summed E-state index contributed by atoms with van der Waals surface area (Å²) in [7, 11) is 0. The maximum atomic E-state index is 13.0. The van der Waals surface area contributed by atoms with Crippen molar-refractivity contribution in [2.24, 2.45) is 0 Å². The topological polar surface area (TPSA) is 37.4 Å². The normalized spacial score (nSPS) is 27.0. The number of carbonyl (C=O) groups is 2. The Bertz CT molecular complexity index is 738. The smallest absolute Gasteiger partial charge is 0.249 e. The highest BCUT2D eigenvalue weighted by molar-refractivity contribution is 9.11. The van der Waals surface area contributed by atoms with Crippen molar-refractivity contribution in [3.63, 3.8) is 0 Å². The van der Waals surface area contributed by atoms with Gasteiger partial charge in [-0.1, -0.05) is 61.0 Å². The Labute approximate surface area is 159 Å². The lowest BCUT2D eigenvalue weighted by Gasteiger charge is -2.48. The van der Waals surface area contributed by atoms with Crippen LogP contribution in [0.1, 0.15) is 43.6 Å². The van der Waals surface area contributed by atoms with E-state index in [1.54, 1.807) is 16.7 Å². The maximum Gasteiger partial charge on any atom is 0.249 e. The van der Waals surface area contributed by atoms with Gasteiger partial charge in [0.15, 0.2) is 0 Å². The summed E-state index contributed by atoms with van der Waals surface area (Å²) in [5.41, 5.74) is 3.11. The molecule has 1 aromatic carbocycles. The van der Waals surface area contributed by atoms with E-state index < -0.39 is 5.38 Å². The molecule has 3 atom stereocenters. The molecule has 1 unspecified atom stereocenters. The number of Topliss-reactive ketones (excluding diaryl/α,β-unsaturated/α-hetero) is 1. The molecule has 0 N–H and O–H groups in total. The van der Waals surface area contributed by atoms with Gasteiger partial charge in [0, 0.05) is 5.56 Å². The zero-order valence-corrected chi connectivity index (χ0v) is 17.1. The highest BCUT2D eigenvalue weighted by atomic mass is 79.9. The molecular weight excluding hydrogens is 410 g/mol. The zero-order valence-electron chi connectivity index (χ0n) is 14.0. The lowest BCUT2D eigenvalue weighted by molar-refractivity contribution is -0.137. The third kappa shape index (κ3) is 2.85. The fourth-order valence-corrected chi connectivity index (χ4v) is 5.29. The Balaban J connectivity index is 1.96. The van der Waals surface area contributed by atoms with Crippen molar-refractivity contribution >= 4 is 51.0 Å². The molecule has 3 rings (SSSR count). The summed E-state index contributed by atoms with van der Waals surface area (Å²) in [6.07, 6.45) is 0. The largest absolute Gasteiger partial charge is 0.293 e. The van der Waals surface area contributed by atoms with Crippen LogP contribution >= 0.6 is 39.3 Å². The maximum absolute atomic E-state index is 13.0. The molecular formula is C18H19BrClNO2S. The van der Waals surface area contributed by atoms with E-state index in [4.69, 9.17) is 11.6 Å². The van der Waals surface area contributed by atoms with Gasteiger partial charge >= 0.3 is 0 Å². The van der Waals surface area contributed by atoms with E-state index in [9.17, 15) is 9.59 Å². The van der Waals surface area contributed by atoms with Crippen LogP contribution in [0.25, 0.3) is 0 Å². The van der Waals surface area contributed by atoms with Gasteiger partial charge in [-0.2, -0.15) is 0 Å². The number of rotatable bonds is 2. The number of β-lactam (4-membered cyclic amide) rings is 1. The average Bonchev–Trinajstić information content (AvgIpc) is 2.55. The first-order chi connectivity index (χ1) is 11.1. The minimum atomic E-state index is -0.561. The predicted molar refractivity (Wildman–Crippen MR) is 103 cm³/mol. The predicted octanol–water partition coefficient (Wildman–Crippen LogP) is 4.68. The number of fused-ring (bicyclic) bond motifs is 1. The second-order valence-corrected chi connectivity index (χ2v) is 10.4. The van der Waals surface area contributed by atoms with Gasteiger partial charge in [-0.3, -0.25) is 14.5 Å². The van der Waals surface area contributed by atoms with Crippen LogP contribution in [0.15, 0.2) is 35.5 Å². The molecule has 1 aromatic rings. The summed E-state index contributed by atoms with van der Waals surface area (Å²) >= 11 is 11.2. The lowest BCUT2D eigenvalue weighted by Crippen LogP contribution is -2.63. The SMILES string of the molecule is CC1=C(C(=O)c2ccc(C(C)(C)C)cc2)N2C(=O)[C@H](Cl)[C@@H]2SC1Br. The Morgan fingerprint density at radius 2 is 1.83 bits per heavy atom. The molecule has 1 amide bonds. The molecule has 2 aliphatic rings. The first kappa shape index (κ1) is 18.0. The van der Waals surface area contributed by atoms with Crippen molar-refractivity contribution in [3.05, 3.63) is 46.7 Å². The van der Waals surface area contributed by atoms with E-state index in [1.165, 1.54) is 5.56 Å². The molecule has 128 valence electrons. The standard InChI is InChI=1S/C18H19BrClNO2S/c1-9-13(21-16(23)12(20)17(21)24-15(9)19)14(22)10-5-7-11(8-6-10)18(2,3)4/h5-8,12,15,17H,1-4H3/t12-,15?,17-/m0/s1. The number of halogens is 2. The first-order valence-electron chi connectivity index (χ1n) is 7.75. The number of hydrogen-bond donors (Lipinski definition) is 0. The molecule has 0 bridgehead atoms. The molecule has 2 aliphatic heterocycles. The number of benzene rings is 1. The number of carbonyl (C=O) groups excluding carboxylic acids is 2. The average molecular weight is 429 g/mol. The van der Waals surface area contributed by atoms with Gasteiger partial charge in [0.25, 0.3) is 0 Å². The molecule has 1 saturated heterocycles. The van der Waals surface area contributed by atoms with E-state index in [2.05, 4.69) is 36.7 Å². The van der Waals surface area contributed by atoms with Gasteiger partial charge in [0.05, 0.1) is 9.86 Å². The van der Waals surface area contributed by atoms with Gasteiger partial charge < -0.3 is 0 Å². The fraction of sp³-hybridized carbons (Fsp3) is 0.444. The summed E-state index contributed by atoms with van der Waals surface area (Å²) in [5, 5.41) is -0.741. The molecule has 24 heavy (non-hydrogen) atoms.